The highest BCUT2D eigenvalue weighted by Crippen LogP contribution is 2.32. The Kier molecular flexibility index (Phi) is 4.04. The van der Waals surface area contributed by atoms with Crippen LogP contribution in [0, 0.1) is 5.82 Å². The van der Waals surface area contributed by atoms with Gasteiger partial charge in [-0.2, -0.15) is 0 Å². The zero-order chi connectivity index (χ0) is 14.8. The van der Waals surface area contributed by atoms with Gasteiger partial charge in [0.15, 0.2) is 0 Å². The van der Waals surface area contributed by atoms with E-state index in [0.717, 1.165) is 11.3 Å². The summed E-state index contributed by atoms with van der Waals surface area (Å²) in [7, 11) is 0. The lowest BCUT2D eigenvalue weighted by Gasteiger charge is -2.27. The Hall–Kier alpha value is -1.94. The van der Waals surface area contributed by atoms with E-state index in [1.54, 1.807) is 6.07 Å². The van der Waals surface area contributed by atoms with Crippen molar-refractivity contribution in [3.63, 3.8) is 0 Å². The Morgan fingerprint density at radius 2 is 1.90 bits per heavy atom. The third kappa shape index (κ3) is 2.96. The smallest absolute Gasteiger partial charge is 0.141 e. The number of para-hydroxylation sites is 1. The molecule has 1 aromatic heterocycles. The number of ether oxygens (including phenoxy) is 1. The number of hydrogen-bond acceptors (Lipinski definition) is 3. The molecule has 4 heteroatoms. The second-order valence-electron chi connectivity index (χ2n) is 5.23. The fourth-order valence-corrected chi connectivity index (χ4v) is 2.07. The SMILES string of the molecule is CC(C)Oc1ccccc1C(C)(N)c1ccc(F)cn1. The second-order valence-corrected chi connectivity index (χ2v) is 5.23. The van der Waals surface area contributed by atoms with Gasteiger partial charge in [-0.3, -0.25) is 4.98 Å². The number of halogens is 1. The third-order valence-corrected chi connectivity index (χ3v) is 3.07. The van der Waals surface area contributed by atoms with Crippen LogP contribution in [0.1, 0.15) is 32.0 Å². The average molecular weight is 274 g/mol. The Labute approximate surface area is 118 Å². The summed E-state index contributed by atoms with van der Waals surface area (Å²) < 4.78 is 18.8. The van der Waals surface area contributed by atoms with E-state index in [2.05, 4.69) is 4.98 Å². The van der Waals surface area contributed by atoms with Gasteiger partial charge < -0.3 is 10.5 Å². The quantitative estimate of drug-likeness (QED) is 0.931. The van der Waals surface area contributed by atoms with Crippen LogP contribution in [0.15, 0.2) is 42.6 Å². The Morgan fingerprint density at radius 3 is 2.50 bits per heavy atom. The number of aromatic nitrogens is 1. The van der Waals surface area contributed by atoms with Crippen LogP contribution in [0.3, 0.4) is 0 Å². The van der Waals surface area contributed by atoms with Crippen molar-refractivity contribution in [1.82, 2.24) is 4.98 Å². The summed E-state index contributed by atoms with van der Waals surface area (Å²) in [6.45, 7) is 5.76. The van der Waals surface area contributed by atoms with E-state index < -0.39 is 5.54 Å². The van der Waals surface area contributed by atoms with Crippen LogP contribution < -0.4 is 10.5 Å². The van der Waals surface area contributed by atoms with Crippen LogP contribution in [-0.2, 0) is 5.54 Å². The highest BCUT2D eigenvalue weighted by Gasteiger charge is 2.28. The molecule has 0 amide bonds. The summed E-state index contributed by atoms with van der Waals surface area (Å²) in [5.41, 5.74) is 7.00. The first kappa shape index (κ1) is 14.5. The molecule has 0 aliphatic heterocycles. The van der Waals surface area contributed by atoms with Crippen molar-refractivity contribution < 1.29 is 9.13 Å². The third-order valence-electron chi connectivity index (χ3n) is 3.07. The van der Waals surface area contributed by atoms with Gasteiger partial charge in [0, 0.05) is 5.56 Å². The predicted octanol–water partition coefficient (Wildman–Crippen LogP) is 3.23. The van der Waals surface area contributed by atoms with Crippen LogP contribution in [-0.4, -0.2) is 11.1 Å². The van der Waals surface area contributed by atoms with Gasteiger partial charge in [0.1, 0.15) is 11.6 Å². The van der Waals surface area contributed by atoms with Gasteiger partial charge in [-0.1, -0.05) is 18.2 Å². The van der Waals surface area contributed by atoms with E-state index in [1.165, 1.54) is 12.3 Å². The fraction of sp³-hybridized carbons (Fsp3) is 0.312. The molecule has 0 fully saturated rings. The van der Waals surface area contributed by atoms with Crippen molar-refractivity contribution in [1.29, 1.82) is 0 Å². The van der Waals surface area contributed by atoms with E-state index in [9.17, 15) is 4.39 Å². The van der Waals surface area contributed by atoms with Gasteiger partial charge in [0.05, 0.1) is 23.5 Å². The average Bonchev–Trinajstić information content (AvgIpc) is 2.39. The van der Waals surface area contributed by atoms with Crippen LogP contribution in [0.25, 0.3) is 0 Å². The molecule has 1 heterocycles. The molecule has 0 saturated carbocycles. The van der Waals surface area contributed by atoms with Gasteiger partial charge in [0.25, 0.3) is 0 Å². The molecule has 0 spiro atoms. The van der Waals surface area contributed by atoms with Crippen molar-refractivity contribution >= 4 is 0 Å². The molecule has 0 saturated heterocycles. The number of nitrogens with zero attached hydrogens (tertiary/aromatic N) is 1. The molecule has 0 bridgehead atoms. The molecule has 1 unspecified atom stereocenters. The van der Waals surface area contributed by atoms with Crippen molar-refractivity contribution in [2.75, 3.05) is 0 Å². The lowest BCUT2D eigenvalue weighted by Crippen LogP contribution is -2.36. The summed E-state index contributed by atoms with van der Waals surface area (Å²) in [6.07, 6.45) is 1.22. The zero-order valence-corrected chi connectivity index (χ0v) is 11.9. The maximum atomic E-state index is 13.0. The molecule has 106 valence electrons. The number of hydrogen-bond donors (Lipinski definition) is 1. The molecule has 0 radical (unpaired) electrons. The summed E-state index contributed by atoms with van der Waals surface area (Å²) in [6, 6.07) is 10.5. The van der Waals surface area contributed by atoms with Gasteiger partial charge in [-0.05, 0) is 39.0 Å². The van der Waals surface area contributed by atoms with Crippen LogP contribution in [0.2, 0.25) is 0 Å². The molecule has 2 rings (SSSR count). The Morgan fingerprint density at radius 1 is 1.20 bits per heavy atom. The second kappa shape index (κ2) is 5.59. The van der Waals surface area contributed by atoms with E-state index in [1.807, 2.05) is 45.0 Å². The van der Waals surface area contributed by atoms with Crippen LogP contribution >= 0.6 is 0 Å². The molecular formula is C16H19FN2O. The van der Waals surface area contributed by atoms with Crippen molar-refractivity contribution in [2.24, 2.45) is 5.73 Å². The molecule has 0 aliphatic carbocycles. The highest BCUT2D eigenvalue weighted by atomic mass is 19.1. The van der Waals surface area contributed by atoms with Gasteiger partial charge >= 0.3 is 0 Å². The first-order chi connectivity index (χ1) is 9.41. The maximum absolute atomic E-state index is 13.0. The summed E-state index contributed by atoms with van der Waals surface area (Å²) in [5, 5.41) is 0. The highest BCUT2D eigenvalue weighted by molar-refractivity contribution is 5.43. The molecule has 1 atom stereocenters. The van der Waals surface area contributed by atoms with Gasteiger partial charge in [-0.25, -0.2) is 4.39 Å². The minimum atomic E-state index is -0.848. The minimum Gasteiger partial charge on any atom is -0.491 e. The lowest BCUT2D eigenvalue weighted by molar-refractivity contribution is 0.236. The maximum Gasteiger partial charge on any atom is 0.141 e. The Bertz CT molecular complexity index is 579. The number of benzene rings is 1. The molecule has 0 aliphatic rings. The molecular weight excluding hydrogens is 255 g/mol. The largest absolute Gasteiger partial charge is 0.491 e. The first-order valence-corrected chi connectivity index (χ1v) is 6.58. The van der Waals surface area contributed by atoms with E-state index in [4.69, 9.17) is 10.5 Å². The van der Waals surface area contributed by atoms with Crippen molar-refractivity contribution in [3.05, 3.63) is 59.7 Å². The van der Waals surface area contributed by atoms with Gasteiger partial charge in [-0.15, -0.1) is 0 Å². The molecule has 1 aromatic carbocycles. The summed E-state index contributed by atoms with van der Waals surface area (Å²) in [5.74, 6) is 0.342. The molecule has 3 nitrogen and oxygen atoms in total. The van der Waals surface area contributed by atoms with E-state index in [-0.39, 0.29) is 11.9 Å². The Balaban J connectivity index is 2.45. The normalized spacial score (nSPS) is 14.1. The molecule has 2 N–H and O–H groups in total. The summed E-state index contributed by atoms with van der Waals surface area (Å²) in [4.78, 5) is 4.09. The van der Waals surface area contributed by atoms with Crippen LogP contribution in [0.5, 0.6) is 5.75 Å². The molecule has 20 heavy (non-hydrogen) atoms. The van der Waals surface area contributed by atoms with Gasteiger partial charge in [0.2, 0.25) is 0 Å². The van der Waals surface area contributed by atoms with Crippen LogP contribution in [0.4, 0.5) is 4.39 Å². The zero-order valence-electron chi connectivity index (χ0n) is 11.9. The fourth-order valence-electron chi connectivity index (χ4n) is 2.07. The predicted molar refractivity (Wildman–Crippen MR) is 77.0 cm³/mol. The number of nitrogens with two attached hydrogens (primary N) is 1. The van der Waals surface area contributed by atoms with Crippen molar-refractivity contribution in [3.8, 4) is 5.75 Å². The van der Waals surface area contributed by atoms with E-state index in [0.29, 0.717) is 5.69 Å². The topological polar surface area (TPSA) is 48.1 Å². The summed E-state index contributed by atoms with van der Waals surface area (Å²) >= 11 is 0. The number of pyridine rings is 1. The molecule has 2 aromatic rings. The van der Waals surface area contributed by atoms with Crippen molar-refractivity contribution in [2.45, 2.75) is 32.4 Å². The monoisotopic (exact) mass is 274 g/mol. The number of rotatable bonds is 4. The first-order valence-electron chi connectivity index (χ1n) is 6.58. The standard InChI is InChI=1S/C16H19FN2O/c1-11(2)20-14-7-5-4-6-13(14)16(3,18)15-9-8-12(17)10-19-15/h4-11H,18H2,1-3H3. The lowest BCUT2D eigenvalue weighted by atomic mass is 9.88. The minimum absolute atomic E-state index is 0.0492. The van der Waals surface area contributed by atoms with E-state index >= 15 is 0 Å².